The van der Waals surface area contributed by atoms with Crippen molar-refractivity contribution in [3.05, 3.63) is 34.9 Å². The first-order valence-corrected chi connectivity index (χ1v) is 8.01. The first kappa shape index (κ1) is 16.2. The van der Waals surface area contributed by atoms with Crippen LogP contribution in [0.1, 0.15) is 30.6 Å². The Balaban J connectivity index is 2.05. The highest BCUT2D eigenvalue weighted by Crippen LogP contribution is 2.32. The first-order valence-electron chi connectivity index (χ1n) is 7.63. The first-order chi connectivity index (χ1) is 11.2. The Morgan fingerprint density at radius 2 is 2.26 bits per heavy atom. The molecule has 124 valence electrons. The largest absolute Gasteiger partial charge is 0.494 e. The molecular weight excluding hydrogens is 318 g/mol. The number of nitrogens with zero attached hydrogens (tertiary/aromatic N) is 3. The zero-order valence-electron chi connectivity index (χ0n) is 13.3. The van der Waals surface area contributed by atoms with Crippen LogP contribution in [0.3, 0.4) is 0 Å². The van der Waals surface area contributed by atoms with E-state index in [0.717, 1.165) is 36.8 Å². The van der Waals surface area contributed by atoms with E-state index in [1.807, 2.05) is 12.1 Å². The summed E-state index contributed by atoms with van der Waals surface area (Å²) in [6.07, 6.45) is 2.55. The fourth-order valence-corrected chi connectivity index (χ4v) is 2.83. The van der Waals surface area contributed by atoms with Gasteiger partial charge in [0.15, 0.2) is 11.6 Å². The highest BCUT2D eigenvalue weighted by molar-refractivity contribution is 6.30. The molecule has 1 unspecified atom stereocenters. The van der Waals surface area contributed by atoms with Crippen LogP contribution < -0.4 is 4.74 Å². The number of methoxy groups -OCH3 is 2. The lowest BCUT2D eigenvalue weighted by molar-refractivity contribution is 0.103. The molecule has 0 amide bonds. The Kier molecular flexibility index (Phi) is 5.15. The van der Waals surface area contributed by atoms with Crippen LogP contribution in [0.25, 0.3) is 5.69 Å². The summed E-state index contributed by atoms with van der Waals surface area (Å²) in [5.41, 5.74) is 0.765. The molecule has 6 nitrogen and oxygen atoms in total. The van der Waals surface area contributed by atoms with Crippen molar-refractivity contribution in [1.82, 2.24) is 14.8 Å². The summed E-state index contributed by atoms with van der Waals surface area (Å²) in [7, 11) is 3.29. The van der Waals surface area contributed by atoms with Crippen molar-refractivity contribution in [1.29, 1.82) is 0 Å². The van der Waals surface area contributed by atoms with Gasteiger partial charge in [-0.2, -0.15) is 5.10 Å². The van der Waals surface area contributed by atoms with Gasteiger partial charge in [0.1, 0.15) is 17.5 Å². The molecule has 0 N–H and O–H groups in total. The second-order valence-corrected chi connectivity index (χ2v) is 5.80. The van der Waals surface area contributed by atoms with Gasteiger partial charge in [-0.3, -0.25) is 0 Å². The molecule has 0 spiro atoms. The molecule has 0 bridgehead atoms. The molecule has 2 aromatic rings. The zero-order chi connectivity index (χ0) is 16.2. The SMILES string of the molecule is COCCc1nc(C2CCCO2)n(-c2cc(Cl)ccc2OC)n1. The van der Waals surface area contributed by atoms with Gasteiger partial charge < -0.3 is 14.2 Å². The third-order valence-corrected chi connectivity index (χ3v) is 4.03. The maximum absolute atomic E-state index is 6.16. The quantitative estimate of drug-likeness (QED) is 0.811. The molecule has 1 aliphatic heterocycles. The van der Waals surface area contributed by atoms with Crippen molar-refractivity contribution < 1.29 is 14.2 Å². The van der Waals surface area contributed by atoms with Crippen molar-refractivity contribution in [2.45, 2.75) is 25.4 Å². The van der Waals surface area contributed by atoms with Crippen LogP contribution >= 0.6 is 11.6 Å². The summed E-state index contributed by atoms with van der Waals surface area (Å²) in [6.45, 7) is 1.32. The van der Waals surface area contributed by atoms with Gasteiger partial charge in [0.05, 0.1) is 13.7 Å². The summed E-state index contributed by atoms with van der Waals surface area (Å²) in [5.74, 6) is 2.20. The predicted octanol–water partition coefficient (Wildman–Crippen LogP) is 2.97. The number of benzene rings is 1. The van der Waals surface area contributed by atoms with Crippen molar-refractivity contribution in [2.24, 2.45) is 0 Å². The van der Waals surface area contributed by atoms with E-state index in [2.05, 4.69) is 10.1 Å². The maximum Gasteiger partial charge on any atom is 0.161 e. The highest BCUT2D eigenvalue weighted by atomic mass is 35.5. The molecule has 1 aromatic carbocycles. The maximum atomic E-state index is 6.16. The molecule has 1 aliphatic rings. The van der Waals surface area contributed by atoms with E-state index >= 15 is 0 Å². The van der Waals surface area contributed by atoms with Crippen LogP contribution in [0.2, 0.25) is 5.02 Å². The molecule has 1 saturated heterocycles. The van der Waals surface area contributed by atoms with Gasteiger partial charge in [-0.25, -0.2) is 9.67 Å². The third-order valence-electron chi connectivity index (χ3n) is 3.79. The fraction of sp³-hybridized carbons (Fsp3) is 0.500. The second-order valence-electron chi connectivity index (χ2n) is 5.36. The van der Waals surface area contributed by atoms with E-state index < -0.39 is 0 Å². The average Bonchev–Trinajstić information content (AvgIpc) is 3.22. The average molecular weight is 338 g/mol. The van der Waals surface area contributed by atoms with E-state index in [0.29, 0.717) is 23.8 Å². The molecule has 0 radical (unpaired) electrons. The summed E-state index contributed by atoms with van der Waals surface area (Å²) in [6, 6.07) is 5.44. The van der Waals surface area contributed by atoms with Crippen LogP contribution in [-0.2, 0) is 15.9 Å². The van der Waals surface area contributed by atoms with Crippen molar-refractivity contribution >= 4 is 11.6 Å². The van der Waals surface area contributed by atoms with E-state index in [4.69, 9.17) is 25.8 Å². The molecule has 2 heterocycles. The Morgan fingerprint density at radius 3 is 2.96 bits per heavy atom. The van der Waals surface area contributed by atoms with Crippen molar-refractivity contribution in [3.63, 3.8) is 0 Å². The Hall–Kier alpha value is -1.63. The molecule has 23 heavy (non-hydrogen) atoms. The van der Waals surface area contributed by atoms with Gasteiger partial charge in [-0.05, 0) is 31.0 Å². The minimum atomic E-state index is -0.0533. The molecule has 7 heteroatoms. The van der Waals surface area contributed by atoms with Gasteiger partial charge in [0, 0.05) is 25.2 Å². The summed E-state index contributed by atoms with van der Waals surface area (Å²) >= 11 is 6.16. The molecule has 3 rings (SSSR count). The monoisotopic (exact) mass is 337 g/mol. The molecule has 1 atom stereocenters. The van der Waals surface area contributed by atoms with Gasteiger partial charge in [0.2, 0.25) is 0 Å². The number of rotatable bonds is 6. The van der Waals surface area contributed by atoms with Crippen LogP contribution in [0.15, 0.2) is 18.2 Å². The number of aromatic nitrogens is 3. The normalized spacial score (nSPS) is 17.6. The van der Waals surface area contributed by atoms with Gasteiger partial charge >= 0.3 is 0 Å². The molecule has 0 aliphatic carbocycles. The van der Waals surface area contributed by atoms with Crippen LogP contribution in [0.4, 0.5) is 0 Å². The van der Waals surface area contributed by atoms with Crippen LogP contribution in [0.5, 0.6) is 5.75 Å². The van der Waals surface area contributed by atoms with Crippen LogP contribution in [-0.4, -0.2) is 42.2 Å². The summed E-state index contributed by atoms with van der Waals surface area (Å²) in [4.78, 5) is 4.66. The number of hydrogen-bond donors (Lipinski definition) is 0. The lowest BCUT2D eigenvalue weighted by atomic mass is 10.2. The molecule has 1 aromatic heterocycles. The molecular formula is C16H20ClN3O3. The number of ether oxygens (including phenoxy) is 3. The van der Waals surface area contributed by atoms with Crippen molar-refractivity contribution in [3.8, 4) is 11.4 Å². The molecule has 1 fully saturated rings. The topological polar surface area (TPSA) is 58.4 Å². The van der Waals surface area contributed by atoms with Crippen LogP contribution in [0, 0.1) is 0 Å². The lowest BCUT2D eigenvalue weighted by Crippen LogP contribution is -2.09. The zero-order valence-corrected chi connectivity index (χ0v) is 14.0. The van der Waals surface area contributed by atoms with Gasteiger partial charge in [0.25, 0.3) is 0 Å². The summed E-state index contributed by atoms with van der Waals surface area (Å²) < 4.78 is 18.2. The third kappa shape index (κ3) is 3.49. The highest BCUT2D eigenvalue weighted by Gasteiger charge is 2.26. The fourth-order valence-electron chi connectivity index (χ4n) is 2.66. The minimum absolute atomic E-state index is 0.0533. The lowest BCUT2D eigenvalue weighted by Gasteiger charge is -2.13. The van der Waals surface area contributed by atoms with Gasteiger partial charge in [-0.15, -0.1) is 0 Å². The smallest absolute Gasteiger partial charge is 0.161 e. The van der Waals surface area contributed by atoms with Gasteiger partial charge in [-0.1, -0.05) is 11.6 Å². The Bertz CT molecular complexity index is 669. The second kappa shape index (κ2) is 7.29. The standard InChI is InChI=1S/C16H20ClN3O3/c1-21-9-7-15-18-16(14-4-3-8-23-14)20(19-15)12-10-11(17)5-6-13(12)22-2/h5-6,10,14H,3-4,7-9H2,1-2H3. The molecule has 0 saturated carbocycles. The van der Waals surface area contributed by atoms with Crippen molar-refractivity contribution in [2.75, 3.05) is 27.4 Å². The number of hydrogen-bond acceptors (Lipinski definition) is 5. The summed E-state index contributed by atoms with van der Waals surface area (Å²) in [5, 5.41) is 5.24. The predicted molar refractivity (Wildman–Crippen MR) is 86.4 cm³/mol. The van der Waals surface area contributed by atoms with E-state index in [-0.39, 0.29) is 6.10 Å². The Morgan fingerprint density at radius 1 is 1.39 bits per heavy atom. The minimum Gasteiger partial charge on any atom is -0.494 e. The van der Waals surface area contributed by atoms with E-state index in [9.17, 15) is 0 Å². The van der Waals surface area contributed by atoms with E-state index in [1.165, 1.54) is 0 Å². The Labute approximate surface area is 140 Å². The van der Waals surface area contributed by atoms with E-state index in [1.54, 1.807) is 25.0 Å². The number of halogens is 1.